The fourth-order valence-corrected chi connectivity index (χ4v) is 3.72. The monoisotopic (exact) mass is 363 g/mol. The van der Waals surface area contributed by atoms with E-state index in [9.17, 15) is 4.79 Å². The van der Waals surface area contributed by atoms with Crippen LogP contribution in [0.2, 0.25) is 0 Å². The predicted molar refractivity (Wildman–Crippen MR) is 94.6 cm³/mol. The Kier molecular flexibility index (Phi) is 3.79. The molecule has 1 aromatic carbocycles. The van der Waals surface area contributed by atoms with Crippen molar-refractivity contribution in [2.45, 2.75) is 33.6 Å². The molecule has 1 aromatic heterocycles. The van der Waals surface area contributed by atoms with Gasteiger partial charge in [0.25, 0.3) is 5.56 Å². The highest BCUT2D eigenvalue weighted by molar-refractivity contribution is 9.10. The summed E-state index contributed by atoms with van der Waals surface area (Å²) in [6, 6.07) is 3.93. The van der Waals surface area contributed by atoms with Crippen molar-refractivity contribution in [2.24, 2.45) is 12.5 Å². The van der Waals surface area contributed by atoms with E-state index in [2.05, 4.69) is 34.7 Å². The number of hydrogen-bond acceptors (Lipinski definition) is 3. The molecule has 0 aliphatic carbocycles. The molecule has 0 atom stereocenters. The second kappa shape index (κ2) is 5.37. The summed E-state index contributed by atoms with van der Waals surface area (Å²) in [6.45, 7) is 8.49. The molecule has 1 fully saturated rings. The molecule has 1 aliphatic heterocycles. The van der Waals surface area contributed by atoms with Gasteiger partial charge in [0.05, 0.1) is 10.9 Å². The van der Waals surface area contributed by atoms with Crippen molar-refractivity contribution in [3.8, 4) is 0 Å². The molecule has 1 aliphatic rings. The van der Waals surface area contributed by atoms with Crippen molar-refractivity contribution in [3.05, 3.63) is 32.5 Å². The van der Waals surface area contributed by atoms with E-state index in [1.165, 1.54) is 0 Å². The number of aryl methyl sites for hydroxylation is 1. The predicted octanol–water partition coefficient (Wildman–Crippen LogP) is 3.63. The van der Waals surface area contributed by atoms with Crippen LogP contribution in [0.5, 0.6) is 0 Å². The quantitative estimate of drug-likeness (QED) is 0.776. The topological polar surface area (TPSA) is 38.1 Å². The van der Waals surface area contributed by atoms with Crippen molar-refractivity contribution < 1.29 is 0 Å². The molecule has 0 unspecified atom stereocenters. The lowest BCUT2D eigenvalue weighted by Gasteiger charge is -2.37. The number of nitrogens with zero attached hydrogens (tertiary/aromatic N) is 3. The van der Waals surface area contributed by atoms with Gasteiger partial charge < -0.3 is 4.90 Å². The number of anilines is 1. The Bertz CT molecular complexity index is 785. The summed E-state index contributed by atoms with van der Waals surface area (Å²) in [5.74, 6) is 0.776. The molecule has 0 amide bonds. The Hall–Kier alpha value is -1.36. The molecule has 4 nitrogen and oxygen atoms in total. The minimum atomic E-state index is 0.0224. The highest BCUT2D eigenvalue weighted by atomic mass is 79.9. The SMILES string of the molecule is Cc1cc(Br)c2nc(N3CCC(C)(C)CC3)n(C)c(=O)c2c1. The Morgan fingerprint density at radius 2 is 1.86 bits per heavy atom. The lowest BCUT2D eigenvalue weighted by Crippen LogP contribution is -2.40. The van der Waals surface area contributed by atoms with Crippen LogP contribution in [0.15, 0.2) is 21.4 Å². The van der Waals surface area contributed by atoms with Gasteiger partial charge >= 0.3 is 0 Å². The summed E-state index contributed by atoms with van der Waals surface area (Å²) in [6.07, 6.45) is 2.24. The minimum absolute atomic E-state index is 0.0224. The first kappa shape index (κ1) is 15.5. The summed E-state index contributed by atoms with van der Waals surface area (Å²) < 4.78 is 2.57. The average molecular weight is 364 g/mol. The molecule has 0 saturated carbocycles. The third-order valence-electron chi connectivity index (χ3n) is 4.65. The smallest absolute Gasteiger partial charge is 0.262 e. The molecule has 5 heteroatoms. The van der Waals surface area contributed by atoms with E-state index in [-0.39, 0.29) is 5.56 Å². The molecule has 3 rings (SSSR count). The molecule has 0 radical (unpaired) electrons. The molecule has 0 bridgehead atoms. The van der Waals surface area contributed by atoms with Crippen molar-refractivity contribution in [3.63, 3.8) is 0 Å². The van der Waals surface area contributed by atoms with Gasteiger partial charge in [0.2, 0.25) is 5.95 Å². The number of benzene rings is 1. The van der Waals surface area contributed by atoms with Crippen LogP contribution in [0.1, 0.15) is 32.3 Å². The van der Waals surface area contributed by atoms with E-state index in [0.29, 0.717) is 10.8 Å². The van der Waals surface area contributed by atoms with E-state index in [1.807, 2.05) is 26.1 Å². The third-order valence-corrected chi connectivity index (χ3v) is 5.26. The average Bonchev–Trinajstić information content (AvgIpc) is 2.44. The van der Waals surface area contributed by atoms with Crippen LogP contribution in [-0.4, -0.2) is 22.6 Å². The fraction of sp³-hybridized carbons (Fsp3) is 0.529. The first-order valence-electron chi connectivity index (χ1n) is 7.70. The molecular formula is C17H22BrN3O. The van der Waals surface area contributed by atoms with Crippen molar-refractivity contribution >= 4 is 32.8 Å². The minimum Gasteiger partial charge on any atom is -0.342 e. The zero-order valence-electron chi connectivity index (χ0n) is 13.6. The van der Waals surface area contributed by atoms with E-state index in [4.69, 9.17) is 4.98 Å². The Balaban J connectivity index is 2.12. The maximum atomic E-state index is 12.7. The van der Waals surface area contributed by atoms with Gasteiger partial charge in [-0.15, -0.1) is 0 Å². The first-order valence-corrected chi connectivity index (χ1v) is 8.50. The van der Waals surface area contributed by atoms with Crippen LogP contribution in [0.4, 0.5) is 5.95 Å². The summed E-state index contributed by atoms with van der Waals surface area (Å²) in [7, 11) is 1.82. The van der Waals surface area contributed by atoms with Gasteiger partial charge in [-0.1, -0.05) is 13.8 Å². The fourth-order valence-electron chi connectivity index (χ4n) is 3.05. The molecular weight excluding hydrogens is 342 g/mol. The zero-order valence-corrected chi connectivity index (χ0v) is 15.2. The van der Waals surface area contributed by atoms with Crippen LogP contribution in [0.3, 0.4) is 0 Å². The Morgan fingerprint density at radius 1 is 1.23 bits per heavy atom. The number of fused-ring (bicyclic) bond motifs is 1. The maximum absolute atomic E-state index is 12.7. The van der Waals surface area contributed by atoms with Gasteiger partial charge in [-0.25, -0.2) is 4.98 Å². The van der Waals surface area contributed by atoms with Crippen LogP contribution in [0.25, 0.3) is 10.9 Å². The molecule has 2 heterocycles. The lowest BCUT2D eigenvalue weighted by molar-refractivity contribution is 0.277. The van der Waals surface area contributed by atoms with Gasteiger partial charge in [-0.3, -0.25) is 9.36 Å². The molecule has 22 heavy (non-hydrogen) atoms. The van der Waals surface area contributed by atoms with Crippen LogP contribution in [-0.2, 0) is 7.05 Å². The zero-order chi connectivity index (χ0) is 16.1. The summed E-state index contributed by atoms with van der Waals surface area (Å²) in [5, 5.41) is 0.676. The number of piperidine rings is 1. The lowest BCUT2D eigenvalue weighted by atomic mass is 9.83. The Labute approximate surface area is 139 Å². The highest BCUT2D eigenvalue weighted by Gasteiger charge is 2.27. The van der Waals surface area contributed by atoms with E-state index < -0.39 is 0 Å². The largest absolute Gasteiger partial charge is 0.342 e. The molecule has 1 saturated heterocycles. The van der Waals surface area contributed by atoms with Crippen molar-refractivity contribution in [1.82, 2.24) is 9.55 Å². The number of hydrogen-bond donors (Lipinski definition) is 0. The molecule has 2 aromatic rings. The number of aromatic nitrogens is 2. The summed E-state index contributed by atoms with van der Waals surface area (Å²) in [5.41, 5.74) is 2.22. The maximum Gasteiger partial charge on any atom is 0.262 e. The van der Waals surface area contributed by atoms with Crippen LogP contribution < -0.4 is 10.5 Å². The molecule has 0 spiro atoms. The van der Waals surface area contributed by atoms with E-state index >= 15 is 0 Å². The van der Waals surface area contributed by atoms with Gasteiger partial charge in [-0.2, -0.15) is 0 Å². The second-order valence-corrected chi connectivity index (χ2v) is 7.92. The van der Waals surface area contributed by atoms with E-state index in [1.54, 1.807) is 4.57 Å². The third kappa shape index (κ3) is 2.67. The summed E-state index contributed by atoms with van der Waals surface area (Å²) in [4.78, 5) is 19.7. The second-order valence-electron chi connectivity index (χ2n) is 7.07. The number of rotatable bonds is 1. The molecule has 0 N–H and O–H groups in total. The van der Waals surface area contributed by atoms with Gasteiger partial charge in [-0.05, 0) is 58.8 Å². The van der Waals surface area contributed by atoms with Crippen molar-refractivity contribution in [2.75, 3.05) is 18.0 Å². The number of halogens is 1. The van der Waals surface area contributed by atoms with Gasteiger partial charge in [0.1, 0.15) is 0 Å². The highest BCUT2D eigenvalue weighted by Crippen LogP contribution is 2.32. The van der Waals surface area contributed by atoms with E-state index in [0.717, 1.165) is 47.4 Å². The van der Waals surface area contributed by atoms with Crippen molar-refractivity contribution in [1.29, 1.82) is 0 Å². The standard InChI is InChI=1S/C17H22BrN3O/c1-11-9-12-14(13(18)10-11)19-16(20(4)15(12)22)21-7-5-17(2,3)6-8-21/h9-10H,5-8H2,1-4H3. The van der Waals surface area contributed by atoms with Gasteiger partial charge in [0.15, 0.2) is 0 Å². The van der Waals surface area contributed by atoms with Crippen LogP contribution >= 0.6 is 15.9 Å². The Morgan fingerprint density at radius 3 is 2.50 bits per heavy atom. The molecule has 118 valence electrons. The summed E-state index contributed by atoms with van der Waals surface area (Å²) >= 11 is 3.55. The normalized spacial score (nSPS) is 18.0. The first-order chi connectivity index (χ1) is 10.3. The van der Waals surface area contributed by atoms with Crippen LogP contribution in [0, 0.1) is 12.3 Å². The van der Waals surface area contributed by atoms with Gasteiger partial charge in [0, 0.05) is 24.6 Å².